The molecule has 1 N–H and O–H groups in total. The first-order valence-corrected chi connectivity index (χ1v) is 10.6. The van der Waals surface area contributed by atoms with E-state index in [1.165, 1.54) is 17.3 Å². The maximum Gasteiger partial charge on any atom is 0.338 e. The third-order valence-corrected chi connectivity index (χ3v) is 5.97. The van der Waals surface area contributed by atoms with Gasteiger partial charge in [0, 0.05) is 4.90 Å². The molecule has 162 valence electrons. The fourth-order valence-corrected chi connectivity index (χ4v) is 3.80. The molecule has 3 rings (SSSR count). The van der Waals surface area contributed by atoms with E-state index in [-0.39, 0.29) is 0 Å². The van der Waals surface area contributed by atoms with Crippen molar-refractivity contribution in [3.8, 4) is 0 Å². The maximum absolute atomic E-state index is 12.6. The number of aliphatic carboxylic acids is 1. The number of hydrogen-bond acceptors (Lipinski definition) is 6. The monoisotopic (exact) mass is 439 g/mol. The van der Waals surface area contributed by atoms with Gasteiger partial charge in [-0.2, -0.15) is 0 Å². The summed E-state index contributed by atoms with van der Waals surface area (Å²) in [6.45, 7) is 7.62. The first kappa shape index (κ1) is 22.6. The van der Waals surface area contributed by atoms with Crippen molar-refractivity contribution in [1.29, 1.82) is 0 Å². The zero-order chi connectivity index (χ0) is 22.6. The number of carbonyl (C=O) groups is 2. The van der Waals surface area contributed by atoms with Crippen molar-refractivity contribution in [2.45, 2.75) is 50.0 Å². The van der Waals surface area contributed by atoms with Crippen LogP contribution >= 0.6 is 11.8 Å². The number of ether oxygens (including phenoxy) is 1. The lowest BCUT2D eigenvalue weighted by atomic mass is 10.1. The second-order valence-corrected chi connectivity index (χ2v) is 9.49. The Morgan fingerprint density at radius 3 is 2.39 bits per heavy atom. The summed E-state index contributed by atoms with van der Waals surface area (Å²) >= 11 is 1.22. The number of nitrogens with zero attached hydrogens (tertiary/aromatic N) is 3. The average molecular weight is 440 g/mol. The molecule has 7 nitrogen and oxygen atoms in total. The van der Waals surface area contributed by atoms with E-state index < -0.39 is 22.8 Å². The summed E-state index contributed by atoms with van der Waals surface area (Å²) in [4.78, 5) is 24.6. The lowest BCUT2D eigenvalue weighted by Crippen LogP contribution is -2.26. The van der Waals surface area contributed by atoms with Crippen molar-refractivity contribution >= 4 is 23.7 Å². The molecule has 3 aromatic rings. The quantitative estimate of drug-likeness (QED) is 0.408. The van der Waals surface area contributed by atoms with Gasteiger partial charge in [-0.15, -0.1) is 16.9 Å². The van der Waals surface area contributed by atoms with Crippen LogP contribution in [0, 0.1) is 6.92 Å². The summed E-state index contributed by atoms with van der Waals surface area (Å²) in [5, 5.41) is 17.3. The first-order valence-electron chi connectivity index (χ1n) is 9.83. The SMILES string of the molecule is Cc1ccc(Cn2nncc2C(C)OC(=O)c2ccc(SC(C)(C)C(=O)O)cc2)cc1. The van der Waals surface area contributed by atoms with Crippen LogP contribution in [0.25, 0.3) is 0 Å². The maximum atomic E-state index is 12.6. The number of carboxylic acid groups (broad SMARTS) is 1. The van der Waals surface area contributed by atoms with Gasteiger partial charge in [0.05, 0.1) is 24.0 Å². The fraction of sp³-hybridized carbons (Fsp3) is 0.304. The van der Waals surface area contributed by atoms with Gasteiger partial charge < -0.3 is 9.84 Å². The number of carbonyl (C=O) groups excluding carboxylic acids is 1. The minimum Gasteiger partial charge on any atom is -0.480 e. The van der Waals surface area contributed by atoms with E-state index in [0.717, 1.165) is 10.5 Å². The highest BCUT2D eigenvalue weighted by atomic mass is 32.2. The Bertz CT molecular complexity index is 1060. The van der Waals surface area contributed by atoms with Gasteiger partial charge in [0.1, 0.15) is 10.9 Å². The molecular weight excluding hydrogens is 414 g/mol. The summed E-state index contributed by atoms with van der Waals surface area (Å²) < 4.78 is 6.38. The number of rotatable bonds is 8. The molecule has 0 aliphatic rings. The van der Waals surface area contributed by atoms with Crippen LogP contribution in [-0.4, -0.2) is 36.8 Å². The molecule has 0 amide bonds. The van der Waals surface area contributed by atoms with Crippen LogP contribution in [-0.2, 0) is 16.1 Å². The second-order valence-electron chi connectivity index (χ2n) is 7.79. The van der Waals surface area contributed by atoms with Gasteiger partial charge in [-0.05, 0) is 57.5 Å². The zero-order valence-corrected chi connectivity index (χ0v) is 18.7. The fourth-order valence-electron chi connectivity index (χ4n) is 2.86. The van der Waals surface area contributed by atoms with Gasteiger partial charge in [-0.25, -0.2) is 9.48 Å². The minimum absolute atomic E-state index is 0.391. The molecule has 31 heavy (non-hydrogen) atoms. The Labute approximate surface area is 185 Å². The normalized spacial score (nSPS) is 12.4. The molecule has 0 fully saturated rings. The number of thioether (sulfide) groups is 1. The number of esters is 1. The smallest absolute Gasteiger partial charge is 0.338 e. The largest absolute Gasteiger partial charge is 0.480 e. The summed E-state index contributed by atoms with van der Waals surface area (Å²) in [7, 11) is 0. The molecule has 8 heteroatoms. The Morgan fingerprint density at radius 2 is 1.77 bits per heavy atom. The number of carboxylic acids is 1. The topological polar surface area (TPSA) is 94.3 Å². The standard InChI is InChI=1S/C23H25N3O4S/c1-15-5-7-17(8-6-15)14-26-20(13-24-25-26)16(2)30-21(27)18-9-11-19(12-10-18)31-23(3,4)22(28)29/h5-13,16H,14H2,1-4H3,(H,28,29). The van der Waals surface area contributed by atoms with Crippen molar-refractivity contribution in [2.75, 3.05) is 0 Å². The first-order chi connectivity index (χ1) is 14.7. The van der Waals surface area contributed by atoms with E-state index in [0.29, 0.717) is 17.8 Å². The Morgan fingerprint density at radius 1 is 1.13 bits per heavy atom. The zero-order valence-electron chi connectivity index (χ0n) is 17.9. The molecule has 0 spiro atoms. The highest BCUT2D eigenvalue weighted by Gasteiger charge is 2.28. The summed E-state index contributed by atoms with van der Waals surface area (Å²) in [6.07, 6.45) is 1.06. The van der Waals surface area contributed by atoms with Gasteiger partial charge >= 0.3 is 11.9 Å². The van der Waals surface area contributed by atoms with Crippen LogP contribution in [0.3, 0.4) is 0 Å². The lowest BCUT2D eigenvalue weighted by molar-refractivity contribution is -0.138. The molecule has 1 heterocycles. The van der Waals surface area contributed by atoms with E-state index in [4.69, 9.17) is 4.74 Å². The van der Waals surface area contributed by atoms with Crippen molar-refractivity contribution in [1.82, 2.24) is 15.0 Å². The molecule has 0 bridgehead atoms. The van der Waals surface area contributed by atoms with E-state index in [2.05, 4.69) is 10.3 Å². The van der Waals surface area contributed by atoms with E-state index in [1.807, 2.05) is 31.2 Å². The summed E-state index contributed by atoms with van der Waals surface area (Å²) in [5.74, 6) is -1.37. The Hall–Kier alpha value is -3.13. The number of hydrogen-bond donors (Lipinski definition) is 1. The van der Waals surface area contributed by atoms with Crippen LogP contribution in [0.1, 0.15) is 54.1 Å². The van der Waals surface area contributed by atoms with Crippen molar-refractivity contribution in [2.24, 2.45) is 0 Å². The van der Waals surface area contributed by atoms with E-state index in [9.17, 15) is 14.7 Å². The molecular formula is C23H25N3O4S. The van der Waals surface area contributed by atoms with Gasteiger partial charge in [0.25, 0.3) is 0 Å². The highest BCUT2D eigenvalue weighted by molar-refractivity contribution is 8.01. The number of benzene rings is 2. The third-order valence-electron chi connectivity index (χ3n) is 4.78. The van der Waals surface area contributed by atoms with Crippen molar-refractivity contribution in [3.63, 3.8) is 0 Å². The van der Waals surface area contributed by atoms with E-state index >= 15 is 0 Å². The Balaban J connectivity index is 1.65. The Kier molecular flexibility index (Phi) is 6.80. The molecule has 0 aliphatic carbocycles. The molecule has 0 saturated carbocycles. The third kappa shape index (κ3) is 5.73. The van der Waals surface area contributed by atoms with Crippen LogP contribution in [0.15, 0.2) is 59.6 Å². The molecule has 0 aliphatic heterocycles. The van der Waals surface area contributed by atoms with Crippen molar-refractivity contribution in [3.05, 3.63) is 77.1 Å². The van der Waals surface area contributed by atoms with Crippen molar-refractivity contribution < 1.29 is 19.4 Å². The van der Waals surface area contributed by atoms with Gasteiger partial charge in [0.2, 0.25) is 0 Å². The lowest BCUT2D eigenvalue weighted by Gasteiger charge is -2.18. The summed E-state index contributed by atoms with van der Waals surface area (Å²) in [6, 6.07) is 14.9. The van der Waals surface area contributed by atoms with Gasteiger partial charge in [-0.3, -0.25) is 4.79 Å². The number of aromatic nitrogens is 3. The molecule has 0 saturated heterocycles. The van der Waals surface area contributed by atoms with Crippen LogP contribution in [0.4, 0.5) is 0 Å². The molecule has 2 aromatic carbocycles. The van der Waals surface area contributed by atoms with Crippen LogP contribution in [0.2, 0.25) is 0 Å². The predicted molar refractivity (Wildman–Crippen MR) is 118 cm³/mol. The average Bonchev–Trinajstić information content (AvgIpc) is 3.18. The second kappa shape index (κ2) is 9.34. The van der Waals surface area contributed by atoms with E-state index in [1.54, 1.807) is 55.9 Å². The number of aryl methyl sites for hydroxylation is 1. The molecule has 1 atom stereocenters. The van der Waals surface area contributed by atoms with Gasteiger partial charge in [-0.1, -0.05) is 35.0 Å². The van der Waals surface area contributed by atoms with Crippen LogP contribution in [0.5, 0.6) is 0 Å². The molecule has 0 radical (unpaired) electrons. The minimum atomic E-state index is -0.959. The van der Waals surface area contributed by atoms with Crippen LogP contribution < -0.4 is 0 Å². The molecule has 1 aromatic heterocycles. The molecule has 1 unspecified atom stereocenters. The van der Waals surface area contributed by atoms with Gasteiger partial charge in [0.15, 0.2) is 0 Å². The summed E-state index contributed by atoms with van der Waals surface area (Å²) in [5.41, 5.74) is 3.35. The highest BCUT2D eigenvalue weighted by Crippen LogP contribution is 2.32. The predicted octanol–water partition coefficient (Wildman–Crippen LogP) is 4.51.